The first kappa shape index (κ1) is 11.0. The van der Waals surface area contributed by atoms with Crippen molar-refractivity contribution < 1.29 is 15.1 Å². The third kappa shape index (κ3) is 2.94. The molecule has 1 aromatic rings. The third-order valence-electron chi connectivity index (χ3n) is 1.21. The van der Waals surface area contributed by atoms with Gasteiger partial charge in [0.1, 0.15) is 5.78 Å². The third-order valence-corrected chi connectivity index (χ3v) is 2.12. The van der Waals surface area contributed by atoms with Gasteiger partial charge in [0.15, 0.2) is 5.78 Å². The number of Topliss-reactive ketones (excluding diaryl/α,β-unsaturated/α-hetero) is 2. The lowest BCUT2D eigenvalue weighted by atomic mass is 10.2. The molecule has 66 valence electrons. The van der Waals surface area contributed by atoms with E-state index in [1.165, 1.54) is 18.3 Å². The van der Waals surface area contributed by atoms with E-state index >= 15 is 0 Å². The van der Waals surface area contributed by atoms with Gasteiger partial charge in [-0.25, -0.2) is 0 Å². The van der Waals surface area contributed by atoms with Crippen LogP contribution in [0.1, 0.15) is 23.0 Å². The minimum atomic E-state index is -0.0802. The fraction of sp³-hybridized carbons (Fsp3) is 0.250. The Morgan fingerprint density at radius 2 is 2.17 bits per heavy atom. The zero-order valence-electron chi connectivity index (χ0n) is 6.66. The maximum absolute atomic E-state index is 11.1. The number of ketones is 2. The van der Waals surface area contributed by atoms with Gasteiger partial charge >= 0.3 is 0 Å². The Bertz CT molecular complexity index is 264. The Morgan fingerprint density at radius 1 is 1.50 bits per heavy atom. The van der Waals surface area contributed by atoms with Crippen molar-refractivity contribution in [3.63, 3.8) is 0 Å². The van der Waals surface area contributed by atoms with Crippen LogP contribution in [0.4, 0.5) is 0 Å². The number of hydrogen-bond donors (Lipinski definition) is 0. The first-order valence-electron chi connectivity index (χ1n) is 3.26. The van der Waals surface area contributed by atoms with Gasteiger partial charge in [-0.05, 0) is 18.4 Å². The van der Waals surface area contributed by atoms with Crippen LogP contribution in [-0.4, -0.2) is 17.0 Å². The first-order valence-corrected chi connectivity index (χ1v) is 4.14. The zero-order chi connectivity index (χ0) is 8.27. The van der Waals surface area contributed by atoms with Crippen LogP contribution >= 0.6 is 11.3 Å². The fourth-order valence-electron chi connectivity index (χ4n) is 0.750. The highest BCUT2D eigenvalue weighted by Gasteiger charge is 2.08. The molecule has 0 fully saturated rings. The van der Waals surface area contributed by atoms with Crippen LogP contribution in [0.5, 0.6) is 0 Å². The van der Waals surface area contributed by atoms with Gasteiger partial charge in [0.05, 0.1) is 11.3 Å². The van der Waals surface area contributed by atoms with Gasteiger partial charge < -0.3 is 5.48 Å². The monoisotopic (exact) mass is 186 g/mol. The highest BCUT2D eigenvalue weighted by atomic mass is 32.1. The minimum absolute atomic E-state index is 0. The normalized spacial score (nSPS) is 8.75. The molecule has 0 unspecified atom stereocenters. The maximum Gasteiger partial charge on any atom is 0.180 e. The fourth-order valence-corrected chi connectivity index (χ4v) is 1.41. The van der Waals surface area contributed by atoms with E-state index in [0.29, 0.717) is 4.88 Å². The van der Waals surface area contributed by atoms with Crippen molar-refractivity contribution in [1.82, 2.24) is 0 Å². The summed E-state index contributed by atoms with van der Waals surface area (Å²) in [5, 5.41) is 1.83. The van der Waals surface area contributed by atoms with Crippen molar-refractivity contribution in [3.8, 4) is 0 Å². The lowest BCUT2D eigenvalue weighted by Crippen LogP contribution is -2.02. The highest BCUT2D eigenvalue weighted by molar-refractivity contribution is 7.12. The van der Waals surface area contributed by atoms with Crippen LogP contribution in [-0.2, 0) is 4.79 Å². The van der Waals surface area contributed by atoms with Gasteiger partial charge in [-0.1, -0.05) is 6.07 Å². The first-order chi connectivity index (χ1) is 5.20. The summed E-state index contributed by atoms with van der Waals surface area (Å²) < 4.78 is 0. The predicted octanol–water partition coefficient (Wildman–Crippen LogP) is 1.09. The molecule has 1 rings (SSSR count). The van der Waals surface area contributed by atoms with E-state index in [0.717, 1.165) is 0 Å². The van der Waals surface area contributed by atoms with Crippen LogP contribution in [0.3, 0.4) is 0 Å². The lowest BCUT2D eigenvalue weighted by Gasteiger charge is -1.90. The summed E-state index contributed by atoms with van der Waals surface area (Å²) in [5.41, 5.74) is 0. The molecule has 0 bridgehead atoms. The van der Waals surface area contributed by atoms with E-state index in [-0.39, 0.29) is 23.5 Å². The van der Waals surface area contributed by atoms with Gasteiger partial charge in [0.25, 0.3) is 0 Å². The quantitative estimate of drug-likeness (QED) is 0.523. The molecule has 0 aliphatic carbocycles. The zero-order valence-corrected chi connectivity index (χ0v) is 7.48. The molecule has 4 heteroatoms. The SMILES string of the molecule is CC(=O)CC(=O)c1cccs1.O. The molecule has 12 heavy (non-hydrogen) atoms. The molecule has 0 saturated heterocycles. The van der Waals surface area contributed by atoms with Crippen molar-refractivity contribution in [2.24, 2.45) is 0 Å². The standard InChI is InChI=1S/C8H8O2S.H2O/c1-6(9)5-7(10)8-3-2-4-11-8;/h2-4H,5H2,1H3;1H2. The molecule has 0 aliphatic rings. The summed E-state index contributed by atoms with van der Waals surface area (Å²) in [6, 6.07) is 3.54. The summed E-state index contributed by atoms with van der Waals surface area (Å²) >= 11 is 1.37. The van der Waals surface area contributed by atoms with E-state index in [4.69, 9.17) is 0 Å². The average Bonchev–Trinajstić information content (AvgIpc) is 2.35. The van der Waals surface area contributed by atoms with E-state index in [9.17, 15) is 9.59 Å². The van der Waals surface area contributed by atoms with E-state index in [1.807, 2.05) is 5.38 Å². The minimum Gasteiger partial charge on any atom is -0.412 e. The number of carbonyl (C=O) groups excluding carboxylic acids is 2. The summed E-state index contributed by atoms with van der Waals surface area (Å²) in [7, 11) is 0. The van der Waals surface area contributed by atoms with E-state index < -0.39 is 0 Å². The summed E-state index contributed by atoms with van der Waals surface area (Å²) in [6.45, 7) is 1.42. The molecule has 0 saturated carbocycles. The van der Waals surface area contributed by atoms with Crippen LogP contribution in [0.25, 0.3) is 0 Å². The van der Waals surface area contributed by atoms with Crippen LogP contribution < -0.4 is 0 Å². The molecule has 0 aromatic carbocycles. The number of carbonyl (C=O) groups is 2. The van der Waals surface area contributed by atoms with Crippen molar-refractivity contribution in [3.05, 3.63) is 22.4 Å². The largest absolute Gasteiger partial charge is 0.412 e. The molecule has 0 spiro atoms. The van der Waals surface area contributed by atoms with Gasteiger partial charge in [0.2, 0.25) is 0 Å². The molecule has 0 radical (unpaired) electrons. The Hall–Kier alpha value is -1.00. The lowest BCUT2D eigenvalue weighted by molar-refractivity contribution is -0.116. The van der Waals surface area contributed by atoms with Gasteiger partial charge in [-0.15, -0.1) is 11.3 Å². The van der Waals surface area contributed by atoms with E-state index in [2.05, 4.69) is 0 Å². The van der Waals surface area contributed by atoms with Gasteiger partial charge in [-0.2, -0.15) is 0 Å². The number of rotatable bonds is 3. The molecular weight excluding hydrogens is 176 g/mol. The van der Waals surface area contributed by atoms with Crippen molar-refractivity contribution >= 4 is 22.9 Å². The van der Waals surface area contributed by atoms with Crippen molar-refractivity contribution in [2.75, 3.05) is 0 Å². The molecule has 0 amide bonds. The summed E-state index contributed by atoms with van der Waals surface area (Å²) in [6.07, 6.45) is 0.0283. The van der Waals surface area contributed by atoms with E-state index in [1.54, 1.807) is 12.1 Å². The second-order valence-corrected chi connectivity index (χ2v) is 3.23. The highest BCUT2D eigenvalue weighted by Crippen LogP contribution is 2.10. The predicted molar refractivity (Wildman–Crippen MR) is 47.6 cm³/mol. The van der Waals surface area contributed by atoms with Crippen LogP contribution in [0, 0.1) is 0 Å². The molecule has 1 aromatic heterocycles. The summed E-state index contributed by atoms with van der Waals surface area (Å²) in [5.74, 6) is -0.157. The van der Waals surface area contributed by atoms with Gasteiger partial charge in [-0.3, -0.25) is 9.59 Å². The molecule has 1 heterocycles. The van der Waals surface area contributed by atoms with Crippen molar-refractivity contribution in [2.45, 2.75) is 13.3 Å². The number of thiophene rings is 1. The number of hydrogen-bond acceptors (Lipinski definition) is 3. The molecule has 2 N–H and O–H groups in total. The molecule has 0 atom stereocenters. The molecule has 0 aliphatic heterocycles. The van der Waals surface area contributed by atoms with Crippen LogP contribution in [0.15, 0.2) is 17.5 Å². The maximum atomic E-state index is 11.1. The Balaban J connectivity index is 0.00000121. The Kier molecular flexibility index (Phi) is 4.39. The smallest absolute Gasteiger partial charge is 0.180 e. The second-order valence-electron chi connectivity index (χ2n) is 2.28. The summed E-state index contributed by atoms with van der Waals surface area (Å²) in [4.78, 5) is 22.3. The Labute approximate surface area is 74.3 Å². The average molecular weight is 186 g/mol. The van der Waals surface area contributed by atoms with Gasteiger partial charge in [0, 0.05) is 0 Å². The van der Waals surface area contributed by atoms with Crippen molar-refractivity contribution in [1.29, 1.82) is 0 Å². The van der Waals surface area contributed by atoms with Crippen LogP contribution in [0.2, 0.25) is 0 Å². The topological polar surface area (TPSA) is 65.6 Å². The molecular formula is C8H10O3S. The second kappa shape index (κ2) is 4.79. The molecule has 3 nitrogen and oxygen atoms in total. The Morgan fingerprint density at radius 3 is 2.58 bits per heavy atom.